The summed E-state index contributed by atoms with van der Waals surface area (Å²) in [6.07, 6.45) is -4.26. The third-order valence-electron chi connectivity index (χ3n) is 5.46. The number of alkyl halides is 3. The van der Waals surface area contributed by atoms with Gasteiger partial charge in [0.25, 0.3) is 5.56 Å². The van der Waals surface area contributed by atoms with Crippen molar-refractivity contribution in [3.63, 3.8) is 0 Å². The molecule has 6 nitrogen and oxygen atoms in total. The van der Waals surface area contributed by atoms with Gasteiger partial charge in [-0.2, -0.15) is 13.2 Å². The summed E-state index contributed by atoms with van der Waals surface area (Å²) in [6.45, 7) is 2.63. The fraction of sp³-hybridized carbons (Fsp3) is 0.250. The van der Waals surface area contributed by atoms with Crippen molar-refractivity contribution in [3.05, 3.63) is 76.5 Å². The van der Waals surface area contributed by atoms with Gasteiger partial charge in [0.15, 0.2) is 5.82 Å². The van der Waals surface area contributed by atoms with Gasteiger partial charge in [-0.3, -0.25) is 9.36 Å². The smallest absolute Gasteiger partial charge is 0.389 e. The minimum atomic E-state index is -4.48. The zero-order valence-corrected chi connectivity index (χ0v) is 19.8. The molecule has 0 amide bonds. The molecule has 0 aliphatic rings. The van der Waals surface area contributed by atoms with Crippen LogP contribution in [-0.4, -0.2) is 23.0 Å². The molecule has 184 valence electrons. The van der Waals surface area contributed by atoms with Gasteiger partial charge in [-0.15, -0.1) is 0 Å². The highest BCUT2D eigenvalue weighted by Gasteiger charge is 2.39. The van der Waals surface area contributed by atoms with Crippen molar-refractivity contribution in [1.82, 2.24) is 9.72 Å². The summed E-state index contributed by atoms with van der Waals surface area (Å²) in [4.78, 5) is 13.7. The number of fused-ring (bicyclic) bond motifs is 1. The Morgan fingerprint density at radius 2 is 1.89 bits per heavy atom. The van der Waals surface area contributed by atoms with Crippen LogP contribution < -0.4 is 15.0 Å². The summed E-state index contributed by atoms with van der Waals surface area (Å²) in [5.74, 6) is -0.242. The molecule has 0 atom stereocenters. The van der Waals surface area contributed by atoms with Crippen molar-refractivity contribution in [2.24, 2.45) is 0 Å². The molecule has 1 N–H and O–H groups in total. The Morgan fingerprint density at radius 1 is 1.11 bits per heavy atom. The van der Waals surface area contributed by atoms with Crippen molar-refractivity contribution < 1.29 is 26.8 Å². The van der Waals surface area contributed by atoms with E-state index in [2.05, 4.69) is 9.88 Å². The Hall–Kier alpha value is -3.47. The number of methoxy groups -OCH3 is 1. The molecule has 4 rings (SSSR count). The van der Waals surface area contributed by atoms with Crippen molar-refractivity contribution in [1.29, 1.82) is 0 Å². The van der Waals surface area contributed by atoms with Gasteiger partial charge in [0.1, 0.15) is 17.8 Å². The van der Waals surface area contributed by atoms with E-state index < -0.39 is 29.4 Å². The van der Waals surface area contributed by atoms with Crippen LogP contribution in [0.3, 0.4) is 0 Å². The summed E-state index contributed by atoms with van der Waals surface area (Å²) < 4.78 is 68.9. The molecule has 11 heteroatoms. The monoisotopic (exact) mass is 507 g/mol. The maximum Gasteiger partial charge on any atom is 0.389 e. The van der Waals surface area contributed by atoms with E-state index in [0.717, 1.165) is 11.0 Å². The van der Waals surface area contributed by atoms with Gasteiger partial charge in [0.2, 0.25) is 0 Å². The quantitative estimate of drug-likeness (QED) is 0.228. The second-order valence-electron chi connectivity index (χ2n) is 8.50. The molecule has 0 aliphatic heterocycles. The second-order valence-corrected chi connectivity index (χ2v) is 9.38. The molecule has 2 heterocycles. The Labute approximate surface area is 202 Å². The third-order valence-corrected chi connectivity index (χ3v) is 6.26. The fourth-order valence-corrected chi connectivity index (χ4v) is 4.56. The first-order valence-corrected chi connectivity index (χ1v) is 11.2. The number of rotatable bonds is 7. The van der Waals surface area contributed by atoms with Crippen LogP contribution in [0.5, 0.6) is 5.75 Å². The number of pyridine rings is 1. The van der Waals surface area contributed by atoms with Crippen molar-refractivity contribution in [3.8, 4) is 11.4 Å². The molecule has 2 aromatic carbocycles. The zero-order chi connectivity index (χ0) is 25.4. The Kier molecular flexibility index (Phi) is 6.54. The minimum absolute atomic E-state index is 0.0809. The lowest BCUT2D eigenvalue weighted by Crippen LogP contribution is -2.28. The van der Waals surface area contributed by atoms with Gasteiger partial charge in [-0.25, -0.2) is 4.39 Å². The van der Waals surface area contributed by atoms with Gasteiger partial charge in [0, 0.05) is 28.5 Å². The highest BCUT2D eigenvalue weighted by atomic mass is 32.2. The van der Waals surface area contributed by atoms with Crippen LogP contribution in [0.4, 0.5) is 23.4 Å². The molecule has 0 fully saturated rings. The SMILES string of the molecule is COc1cc(C(C)(C)CC(F)(F)F)c(F)cc1-n1c(=O)ccc2cc(SNc3ccon3)ccc21. The van der Waals surface area contributed by atoms with Crippen molar-refractivity contribution in [2.45, 2.75) is 36.8 Å². The molecule has 4 aromatic rings. The van der Waals surface area contributed by atoms with Gasteiger partial charge in [0.05, 0.1) is 24.7 Å². The first-order chi connectivity index (χ1) is 16.5. The number of hydrogen-bond donors (Lipinski definition) is 1. The van der Waals surface area contributed by atoms with Gasteiger partial charge in [-0.1, -0.05) is 19.0 Å². The summed E-state index contributed by atoms with van der Waals surface area (Å²) in [5, 5.41) is 4.45. The van der Waals surface area contributed by atoms with Crippen LogP contribution in [0.2, 0.25) is 0 Å². The number of hydrogen-bond acceptors (Lipinski definition) is 6. The fourth-order valence-electron chi connectivity index (χ4n) is 3.91. The maximum atomic E-state index is 15.2. The summed E-state index contributed by atoms with van der Waals surface area (Å²) in [5.41, 5.74) is -1.57. The van der Waals surface area contributed by atoms with Crippen LogP contribution in [-0.2, 0) is 5.41 Å². The molecule has 0 aliphatic carbocycles. The van der Waals surface area contributed by atoms with Gasteiger partial charge in [-0.05, 0) is 53.2 Å². The normalized spacial score (nSPS) is 12.2. The summed E-state index contributed by atoms with van der Waals surface area (Å²) in [6, 6.07) is 12.2. The maximum absolute atomic E-state index is 15.2. The standard InChI is InChI=1S/C24H21F4N3O3S/c1-23(2,13-24(26,27)28)16-11-20(33-3)19(12-17(16)25)31-18-6-5-15(10-14(18)4-7-22(31)32)35-30-21-8-9-34-29-21/h4-12H,13H2,1-3H3,(H,29,30). The molecule has 0 bridgehead atoms. The zero-order valence-electron chi connectivity index (χ0n) is 18.9. The molecule has 0 saturated heterocycles. The van der Waals surface area contributed by atoms with Crippen LogP contribution in [0.1, 0.15) is 25.8 Å². The van der Waals surface area contributed by atoms with Crippen LogP contribution in [0, 0.1) is 5.82 Å². The number of anilines is 1. The summed E-state index contributed by atoms with van der Waals surface area (Å²) >= 11 is 1.28. The molecule has 2 aromatic heterocycles. The van der Waals surface area contributed by atoms with Crippen LogP contribution in [0.25, 0.3) is 16.6 Å². The molecule has 35 heavy (non-hydrogen) atoms. The largest absolute Gasteiger partial charge is 0.495 e. The Morgan fingerprint density at radius 3 is 2.54 bits per heavy atom. The molecule has 0 unspecified atom stereocenters. The second kappa shape index (κ2) is 9.29. The summed E-state index contributed by atoms with van der Waals surface area (Å²) in [7, 11) is 1.32. The van der Waals surface area contributed by atoms with Crippen molar-refractivity contribution >= 4 is 28.7 Å². The van der Waals surface area contributed by atoms with E-state index in [1.165, 1.54) is 55.9 Å². The first-order valence-electron chi connectivity index (χ1n) is 10.4. The van der Waals surface area contributed by atoms with E-state index >= 15 is 4.39 Å². The molecular weight excluding hydrogens is 486 g/mol. The van der Waals surface area contributed by atoms with E-state index in [-0.39, 0.29) is 17.0 Å². The van der Waals surface area contributed by atoms with E-state index in [9.17, 15) is 18.0 Å². The molecule has 0 saturated carbocycles. The van der Waals surface area contributed by atoms with E-state index in [4.69, 9.17) is 9.26 Å². The van der Waals surface area contributed by atoms with E-state index in [0.29, 0.717) is 16.7 Å². The Bertz CT molecular complexity index is 1420. The topological polar surface area (TPSA) is 69.3 Å². The highest BCUT2D eigenvalue weighted by Crippen LogP contribution is 2.40. The van der Waals surface area contributed by atoms with Crippen molar-refractivity contribution in [2.75, 3.05) is 11.8 Å². The molecular formula is C24H21F4N3O3S. The van der Waals surface area contributed by atoms with Crippen LogP contribution >= 0.6 is 11.9 Å². The predicted molar refractivity (Wildman–Crippen MR) is 126 cm³/mol. The lowest BCUT2D eigenvalue weighted by atomic mass is 9.80. The lowest BCUT2D eigenvalue weighted by molar-refractivity contribution is -0.145. The molecule has 0 spiro atoms. The number of halogens is 4. The predicted octanol–water partition coefficient (Wildman–Crippen LogP) is 6.48. The number of aromatic nitrogens is 2. The van der Waals surface area contributed by atoms with Crippen LogP contribution in [0.15, 0.2) is 69.0 Å². The average molecular weight is 508 g/mol. The van der Waals surface area contributed by atoms with E-state index in [1.54, 1.807) is 24.3 Å². The minimum Gasteiger partial charge on any atom is -0.495 e. The van der Waals surface area contributed by atoms with Gasteiger partial charge < -0.3 is 14.0 Å². The lowest BCUT2D eigenvalue weighted by Gasteiger charge is -2.28. The number of nitrogens with zero attached hydrogens (tertiary/aromatic N) is 2. The number of nitrogens with one attached hydrogen (secondary N) is 1. The number of benzene rings is 2. The average Bonchev–Trinajstić information content (AvgIpc) is 3.29. The molecule has 0 radical (unpaired) electrons. The third kappa shape index (κ3) is 5.29. The van der Waals surface area contributed by atoms with Gasteiger partial charge >= 0.3 is 6.18 Å². The first kappa shape index (κ1) is 24.6. The van der Waals surface area contributed by atoms with E-state index in [1.807, 2.05) is 6.07 Å². The highest BCUT2D eigenvalue weighted by molar-refractivity contribution is 8.00. The Balaban J connectivity index is 1.78. The number of ether oxygens (including phenoxy) is 1.